The Labute approximate surface area is 109 Å². The Morgan fingerprint density at radius 2 is 2.11 bits per heavy atom. The first-order valence-electron chi connectivity index (χ1n) is 5.40. The number of nitrogens with zero attached hydrogens (tertiary/aromatic N) is 3. The van der Waals surface area contributed by atoms with Gasteiger partial charge in [-0.15, -0.1) is 11.3 Å². The van der Waals surface area contributed by atoms with E-state index in [1.807, 2.05) is 17.5 Å². The van der Waals surface area contributed by atoms with Crippen LogP contribution in [0, 0.1) is 6.92 Å². The number of carbonyl (C=O) groups excluding carboxylic acids is 1. The van der Waals surface area contributed by atoms with Crippen LogP contribution in [-0.4, -0.2) is 34.9 Å². The van der Waals surface area contributed by atoms with E-state index >= 15 is 0 Å². The zero-order valence-corrected chi connectivity index (χ0v) is 11.3. The number of rotatable bonds is 2. The number of hydrogen-bond donors (Lipinski definition) is 1. The van der Waals surface area contributed by atoms with Crippen molar-refractivity contribution in [2.45, 2.75) is 6.92 Å². The maximum atomic E-state index is 12.2. The highest BCUT2D eigenvalue weighted by atomic mass is 32.1. The maximum Gasteiger partial charge on any atom is 0.257 e. The lowest BCUT2D eigenvalue weighted by atomic mass is 10.1. The van der Waals surface area contributed by atoms with Gasteiger partial charge in [-0.2, -0.15) is 0 Å². The normalized spacial score (nSPS) is 10.4. The van der Waals surface area contributed by atoms with Gasteiger partial charge in [-0.1, -0.05) is 6.07 Å². The third-order valence-corrected chi connectivity index (χ3v) is 3.36. The molecule has 2 heterocycles. The lowest BCUT2D eigenvalue weighted by molar-refractivity contribution is 0.0827. The minimum Gasteiger partial charge on any atom is -0.368 e. The Morgan fingerprint density at radius 3 is 2.67 bits per heavy atom. The quantitative estimate of drug-likeness (QED) is 0.895. The smallest absolute Gasteiger partial charge is 0.257 e. The highest BCUT2D eigenvalue weighted by Gasteiger charge is 2.21. The second-order valence-corrected chi connectivity index (χ2v) is 5.02. The standard InChI is InChI=1S/C12H14N4OS/c1-7-9(11(17)16(2)3)10(15-12(13)14-7)8-5-4-6-18-8/h4-6H,1-3H3,(H2,13,14,15). The molecule has 2 aromatic rings. The molecule has 2 N–H and O–H groups in total. The molecule has 0 atom stereocenters. The molecule has 5 nitrogen and oxygen atoms in total. The van der Waals surface area contributed by atoms with Gasteiger partial charge in [-0.25, -0.2) is 9.97 Å². The third-order valence-electron chi connectivity index (χ3n) is 2.48. The Kier molecular flexibility index (Phi) is 3.29. The van der Waals surface area contributed by atoms with Crippen molar-refractivity contribution in [2.24, 2.45) is 0 Å². The van der Waals surface area contributed by atoms with Crippen LogP contribution in [0.2, 0.25) is 0 Å². The molecule has 0 aliphatic rings. The van der Waals surface area contributed by atoms with Crippen LogP contribution in [0.3, 0.4) is 0 Å². The van der Waals surface area contributed by atoms with Crippen LogP contribution in [0.15, 0.2) is 17.5 Å². The van der Waals surface area contributed by atoms with Gasteiger partial charge >= 0.3 is 0 Å². The maximum absolute atomic E-state index is 12.2. The first-order chi connectivity index (χ1) is 8.50. The first kappa shape index (κ1) is 12.5. The Hall–Kier alpha value is -1.95. The van der Waals surface area contributed by atoms with E-state index < -0.39 is 0 Å². The van der Waals surface area contributed by atoms with Crippen LogP contribution in [0.25, 0.3) is 10.6 Å². The van der Waals surface area contributed by atoms with E-state index in [0.29, 0.717) is 17.0 Å². The Bertz CT molecular complexity index is 578. The molecule has 0 saturated heterocycles. The van der Waals surface area contributed by atoms with Crippen molar-refractivity contribution in [2.75, 3.05) is 19.8 Å². The summed E-state index contributed by atoms with van der Waals surface area (Å²) in [6.45, 7) is 1.77. The van der Waals surface area contributed by atoms with Crippen molar-refractivity contribution in [3.05, 3.63) is 28.8 Å². The largest absolute Gasteiger partial charge is 0.368 e. The SMILES string of the molecule is Cc1nc(N)nc(-c2cccs2)c1C(=O)N(C)C. The molecule has 0 radical (unpaired) electrons. The molecule has 0 bridgehead atoms. The molecular weight excluding hydrogens is 248 g/mol. The fraction of sp³-hybridized carbons (Fsp3) is 0.250. The molecule has 0 spiro atoms. The van der Waals surface area contributed by atoms with Gasteiger partial charge in [-0.3, -0.25) is 4.79 Å². The average Bonchev–Trinajstić information content (AvgIpc) is 2.80. The fourth-order valence-corrected chi connectivity index (χ4v) is 2.39. The Balaban J connectivity index is 2.67. The van der Waals surface area contributed by atoms with E-state index in [2.05, 4.69) is 9.97 Å². The van der Waals surface area contributed by atoms with Crippen molar-refractivity contribution < 1.29 is 4.79 Å². The zero-order valence-electron chi connectivity index (χ0n) is 10.5. The molecule has 18 heavy (non-hydrogen) atoms. The summed E-state index contributed by atoms with van der Waals surface area (Å²) in [5.74, 6) is 0.0714. The van der Waals surface area contributed by atoms with Gasteiger partial charge in [0.1, 0.15) is 0 Å². The topological polar surface area (TPSA) is 72.1 Å². The molecule has 1 amide bonds. The summed E-state index contributed by atoms with van der Waals surface area (Å²) >= 11 is 1.52. The van der Waals surface area contributed by atoms with Crippen LogP contribution in [-0.2, 0) is 0 Å². The van der Waals surface area contributed by atoms with Gasteiger partial charge < -0.3 is 10.6 Å². The van der Waals surface area contributed by atoms with Crippen LogP contribution in [0.5, 0.6) is 0 Å². The number of aryl methyl sites for hydroxylation is 1. The van der Waals surface area contributed by atoms with E-state index in [1.165, 1.54) is 16.2 Å². The van der Waals surface area contributed by atoms with E-state index in [9.17, 15) is 4.79 Å². The van der Waals surface area contributed by atoms with Gasteiger partial charge in [-0.05, 0) is 18.4 Å². The fourth-order valence-electron chi connectivity index (χ4n) is 1.67. The highest BCUT2D eigenvalue weighted by Crippen LogP contribution is 2.28. The first-order valence-corrected chi connectivity index (χ1v) is 6.28. The van der Waals surface area contributed by atoms with Crippen molar-refractivity contribution in [1.29, 1.82) is 0 Å². The number of hydrogen-bond acceptors (Lipinski definition) is 5. The number of amides is 1. The number of anilines is 1. The summed E-state index contributed by atoms with van der Waals surface area (Å²) in [4.78, 5) is 22.9. The van der Waals surface area contributed by atoms with Crippen LogP contribution < -0.4 is 5.73 Å². The summed E-state index contributed by atoms with van der Waals surface area (Å²) in [7, 11) is 3.41. The number of nitrogens with two attached hydrogens (primary N) is 1. The number of nitrogen functional groups attached to an aromatic ring is 1. The molecule has 0 aliphatic carbocycles. The molecule has 6 heteroatoms. The number of thiophene rings is 1. The summed E-state index contributed by atoms with van der Waals surface area (Å²) in [5.41, 5.74) is 7.39. The van der Waals surface area contributed by atoms with E-state index in [0.717, 1.165) is 4.88 Å². The third kappa shape index (κ3) is 2.19. The van der Waals surface area contributed by atoms with Crippen molar-refractivity contribution in [1.82, 2.24) is 14.9 Å². The number of carbonyl (C=O) groups is 1. The molecule has 0 saturated carbocycles. The van der Waals surface area contributed by atoms with Crippen molar-refractivity contribution >= 4 is 23.2 Å². The average molecular weight is 262 g/mol. The zero-order chi connectivity index (χ0) is 13.3. The molecule has 2 aromatic heterocycles. The van der Waals surface area contributed by atoms with Crippen LogP contribution >= 0.6 is 11.3 Å². The van der Waals surface area contributed by atoms with E-state index in [-0.39, 0.29) is 11.9 Å². The lowest BCUT2D eigenvalue weighted by Gasteiger charge is -2.15. The van der Waals surface area contributed by atoms with Gasteiger partial charge in [0.25, 0.3) is 5.91 Å². The van der Waals surface area contributed by atoms with E-state index in [4.69, 9.17) is 5.73 Å². The van der Waals surface area contributed by atoms with E-state index in [1.54, 1.807) is 21.0 Å². The number of aromatic nitrogens is 2. The minimum absolute atomic E-state index is 0.115. The molecular formula is C12H14N4OS. The second kappa shape index (κ2) is 4.73. The predicted octanol–water partition coefficient (Wildman–Crippen LogP) is 1.80. The molecule has 94 valence electrons. The summed E-state index contributed by atoms with van der Waals surface area (Å²) in [6.07, 6.45) is 0. The van der Waals surface area contributed by atoms with Gasteiger partial charge in [0.2, 0.25) is 5.95 Å². The summed E-state index contributed by atoms with van der Waals surface area (Å²) < 4.78 is 0. The minimum atomic E-state index is -0.115. The second-order valence-electron chi connectivity index (χ2n) is 4.07. The molecule has 2 rings (SSSR count). The monoisotopic (exact) mass is 262 g/mol. The molecule has 0 aliphatic heterocycles. The predicted molar refractivity (Wildman–Crippen MR) is 72.5 cm³/mol. The van der Waals surface area contributed by atoms with Crippen LogP contribution in [0.1, 0.15) is 16.1 Å². The molecule has 0 aromatic carbocycles. The highest BCUT2D eigenvalue weighted by molar-refractivity contribution is 7.13. The molecule has 0 fully saturated rings. The summed E-state index contributed by atoms with van der Waals surface area (Å²) in [5, 5.41) is 1.94. The summed E-state index contributed by atoms with van der Waals surface area (Å²) in [6, 6.07) is 3.83. The lowest BCUT2D eigenvalue weighted by Crippen LogP contribution is -2.24. The molecule has 0 unspecified atom stereocenters. The van der Waals surface area contributed by atoms with Gasteiger partial charge in [0.05, 0.1) is 21.8 Å². The van der Waals surface area contributed by atoms with Crippen molar-refractivity contribution in [3.63, 3.8) is 0 Å². The Morgan fingerprint density at radius 1 is 1.39 bits per heavy atom. The van der Waals surface area contributed by atoms with Gasteiger partial charge in [0, 0.05) is 14.1 Å². The van der Waals surface area contributed by atoms with Crippen LogP contribution in [0.4, 0.5) is 5.95 Å². The van der Waals surface area contributed by atoms with Crippen molar-refractivity contribution in [3.8, 4) is 10.6 Å². The van der Waals surface area contributed by atoms with Gasteiger partial charge in [0.15, 0.2) is 0 Å².